The Bertz CT molecular complexity index is 506. The number of rotatable bonds is 6. The monoisotopic (exact) mass is 261 g/mol. The summed E-state index contributed by atoms with van der Waals surface area (Å²) in [6.45, 7) is 3.52. The summed E-state index contributed by atoms with van der Waals surface area (Å²) in [6.07, 6.45) is 1.01. The number of benzene rings is 1. The summed E-state index contributed by atoms with van der Waals surface area (Å²) >= 11 is 0. The molecule has 0 spiro atoms. The Balaban J connectivity index is 1.88. The number of nitrogens with zero attached hydrogens (tertiary/aromatic N) is 3. The molecule has 0 saturated heterocycles. The molecule has 0 fully saturated rings. The van der Waals surface area contributed by atoms with Crippen LogP contribution in [0.1, 0.15) is 12.3 Å². The zero-order valence-electron chi connectivity index (χ0n) is 11.6. The predicted octanol–water partition coefficient (Wildman–Crippen LogP) is 2.38. The van der Waals surface area contributed by atoms with E-state index in [1.165, 1.54) is 0 Å². The fourth-order valence-electron chi connectivity index (χ4n) is 1.68. The molecule has 0 aliphatic heterocycles. The SMILES string of the molecule is Cc1nnc(-c2ccc(OCCCN(C)C)cc2)o1. The standard InChI is InChI=1S/C14H19N3O2/c1-11-15-16-14(19-11)12-5-7-13(8-6-12)18-10-4-9-17(2)3/h5-8H,4,9-10H2,1-3H3. The Kier molecular flexibility index (Phi) is 4.52. The van der Waals surface area contributed by atoms with Gasteiger partial charge in [0.05, 0.1) is 6.61 Å². The van der Waals surface area contributed by atoms with Crippen LogP contribution in [0.5, 0.6) is 5.75 Å². The second-order valence-electron chi connectivity index (χ2n) is 4.66. The van der Waals surface area contributed by atoms with Gasteiger partial charge < -0.3 is 14.1 Å². The highest BCUT2D eigenvalue weighted by molar-refractivity contribution is 5.53. The van der Waals surface area contributed by atoms with E-state index in [0.717, 1.165) is 30.9 Å². The van der Waals surface area contributed by atoms with Crippen molar-refractivity contribution in [2.24, 2.45) is 0 Å². The topological polar surface area (TPSA) is 51.4 Å². The first-order valence-corrected chi connectivity index (χ1v) is 6.33. The fraction of sp³-hybridized carbons (Fsp3) is 0.429. The molecule has 1 aromatic heterocycles. The van der Waals surface area contributed by atoms with E-state index in [1.807, 2.05) is 24.3 Å². The quantitative estimate of drug-likeness (QED) is 0.747. The van der Waals surface area contributed by atoms with Crippen LogP contribution < -0.4 is 4.74 Å². The molecule has 0 aliphatic carbocycles. The van der Waals surface area contributed by atoms with Gasteiger partial charge in [-0.15, -0.1) is 10.2 Å². The summed E-state index contributed by atoms with van der Waals surface area (Å²) in [4.78, 5) is 2.14. The van der Waals surface area contributed by atoms with Gasteiger partial charge >= 0.3 is 0 Å². The van der Waals surface area contributed by atoms with Gasteiger partial charge in [0, 0.05) is 19.0 Å². The molecule has 0 amide bonds. The van der Waals surface area contributed by atoms with E-state index >= 15 is 0 Å². The van der Waals surface area contributed by atoms with Gasteiger partial charge in [-0.05, 0) is 44.8 Å². The molecule has 2 rings (SSSR count). The normalized spacial score (nSPS) is 10.9. The lowest BCUT2D eigenvalue weighted by Crippen LogP contribution is -2.15. The van der Waals surface area contributed by atoms with Crippen LogP contribution in [0.2, 0.25) is 0 Å². The molecule has 102 valence electrons. The third-order valence-electron chi connectivity index (χ3n) is 2.65. The molecule has 19 heavy (non-hydrogen) atoms. The molecular weight excluding hydrogens is 242 g/mol. The van der Waals surface area contributed by atoms with Crippen LogP contribution in [0.25, 0.3) is 11.5 Å². The van der Waals surface area contributed by atoms with Crippen LogP contribution in [0, 0.1) is 6.92 Å². The van der Waals surface area contributed by atoms with Crippen molar-refractivity contribution in [3.8, 4) is 17.2 Å². The van der Waals surface area contributed by atoms with Crippen molar-refractivity contribution >= 4 is 0 Å². The Morgan fingerprint density at radius 3 is 2.47 bits per heavy atom. The number of aromatic nitrogens is 2. The van der Waals surface area contributed by atoms with Gasteiger partial charge in [-0.25, -0.2) is 0 Å². The minimum absolute atomic E-state index is 0.539. The lowest BCUT2D eigenvalue weighted by atomic mass is 10.2. The summed E-state index contributed by atoms with van der Waals surface area (Å²) in [5.41, 5.74) is 0.904. The Hall–Kier alpha value is -1.88. The molecule has 2 aromatic rings. The highest BCUT2D eigenvalue weighted by Crippen LogP contribution is 2.21. The van der Waals surface area contributed by atoms with Crippen molar-refractivity contribution in [2.45, 2.75) is 13.3 Å². The summed E-state index contributed by atoms with van der Waals surface area (Å²) in [5.74, 6) is 1.97. The van der Waals surface area contributed by atoms with Crippen molar-refractivity contribution in [2.75, 3.05) is 27.2 Å². The lowest BCUT2D eigenvalue weighted by molar-refractivity contribution is 0.281. The van der Waals surface area contributed by atoms with E-state index in [1.54, 1.807) is 6.92 Å². The highest BCUT2D eigenvalue weighted by Gasteiger charge is 2.05. The van der Waals surface area contributed by atoms with Gasteiger partial charge in [0.1, 0.15) is 5.75 Å². The smallest absolute Gasteiger partial charge is 0.247 e. The zero-order chi connectivity index (χ0) is 13.7. The largest absolute Gasteiger partial charge is 0.494 e. The molecule has 0 radical (unpaired) electrons. The minimum Gasteiger partial charge on any atom is -0.494 e. The predicted molar refractivity (Wildman–Crippen MR) is 73.1 cm³/mol. The van der Waals surface area contributed by atoms with E-state index in [4.69, 9.17) is 9.15 Å². The average Bonchev–Trinajstić information content (AvgIpc) is 2.82. The van der Waals surface area contributed by atoms with E-state index in [-0.39, 0.29) is 0 Å². The van der Waals surface area contributed by atoms with Gasteiger partial charge in [0.2, 0.25) is 11.8 Å². The van der Waals surface area contributed by atoms with E-state index in [0.29, 0.717) is 11.8 Å². The average molecular weight is 261 g/mol. The molecule has 5 nitrogen and oxygen atoms in total. The third-order valence-corrected chi connectivity index (χ3v) is 2.65. The second-order valence-corrected chi connectivity index (χ2v) is 4.66. The second kappa shape index (κ2) is 6.33. The zero-order valence-corrected chi connectivity index (χ0v) is 11.6. The Morgan fingerprint density at radius 1 is 1.16 bits per heavy atom. The first kappa shape index (κ1) is 13.5. The van der Waals surface area contributed by atoms with Gasteiger partial charge in [0.25, 0.3) is 0 Å². The van der Waals surface area contributed by atoms with E-state index < -0.39 is 0 Å². The van der Waals surface area contributed by atoms with Crippen molar-refractivity contribution in [3.05, 3.63) is 30.2 Å². The third kappa shape index (κ3) is 4.06. The lowest BCUT2D eigenvalue weighted by Gasteiger charge is -2.10. The summed E-state index contributed by atoms with van der Waals surface area (Å²) < 4.78 is 11.0. The van der Waals surface area contributed by atoms with Crippen molar-refractivity contribution < 1.29 is 9.15 Å². The van der Waals surface area contributed by atoms with Crippen molar-refractivity contribution in [3.63, 3.8) is 0 Å². The van der Waals surface area contributed by atoms with Gasteiger partial charge in [-0.3, -0.25) is 0 Å². The molecule has 5 heteroatoms. The molecular formula is C14H19N3O2. The minimum atomic E-state index is 0.539. The first-order valence-electron chi connectivity index (χ1n) is 6.33. The van der Waals surface area contributed by atoms with Crippen LogP contribution >= 0.6 is 0 Å². The Morgan fingerprint density at radius 2 is 1.89 bits per heavy atom. The van der Waals surface area contributed by atoms with Crippen molar-refractivity contribution in [1.82, 2.24) is 15.1 Å². The number of hydrogen-bond acceptors (Lipinski definition) is 5. The molecule has 1 heterocycles. The summed E-state index contributed by atoms with van der Waals surface area (Å²) in [5, 5.41) is 7.79. The molecule has 0 aliphatic rings. The number of aryl methyl sites for hydroxylation is 1. The summed E-state index contributed by atoms with van der Waals surface area (Å²) in [7, 11) is 4.11. The maximum Gasteiger partial charge on any atom is 0.247 e. The highest BCUT2D eigenvalue weighted by atomic mass is 16.5. The Labute approximate surface area is 113 Å². The van der Waals surface area contributed by atoms with Crippen LogP contribution in [-0.2, 0) is 0 Å². The van der Waals surface area contributed by atoms with Gasteiger partial charge in [-0.1, -0.05) is 0 Å². The maximum absolute atomic E-state index is 5.66. The van der Waals surface area contributed by atoms with Crippen LogP contribution in [0.15, 0.2) is 28.7 Å². The van der Waals surface area contributed by atoms with Crippen LogP contribution in [0.4, 0.5) is 0 Å². The fourth-order valence-corrected chi connectivity index (χ4v) is 1.68. The van der Waals surface area contributed by atoms with Crippen LogP contribution in [0.3, 0.4) is 0 Å². The number of hydrogen-bond donors (Lipinski definition) is 0. The summed E-state index contributed by atoms with van der Waals surface area (Å²) in [6, 6.07) is 7.69. The number of ether oxygens (including phenoxy) is 1. The molecule has 0 atom stereocenters. The first-order chi connectivity index (χ1) is 9.15. The van der Waals surface area contributed by atoms with E-state index in [2.05, 4.69) is 29.2 Å². The van der Waals surface area contributed by atoms with Crippen molar-refractivity contribution in [1.29, 1.82) is 0 Å². The van der Waals surface area contributed by atoms with E-state index in [9.17, 15) is 0 Å². The van der Waals surface area contributed by atoms with Gasteiger partial charge in [-0.2, -0.15) is 0 Å². The molecule has 1 aromatic carbocycles. The maximum atomic E-state index is 5.66. The van der Waals surface area contributed by atoms with Crippen LogP contribution in [-0.4, -0.2) is 42.3 Å². The molecule has 0 bridgehead atoms. The molecule has 0 saturated carbocycles. The molecule has 0 unspecified atom stereocenters. The van der Waals surface area contributed by atoms with Gasteiger partial charge in [0.15, 0.2) is 0 Å². The molecule has 0 N–H and O–H groups in total.